The number of rotatable bonds is 3. The summed E-state index contributed by atoms with van der Waals surface area (Å²) in [6.07, 6.45) is 5.62. The Morgan fingerprint density at radius 1 is 0.850 bits per heavy atom. The lowest BCUT2D eigenvalue weighted by Gasteiger charge is -2.00. The minimum atomic E-state index is 0.993. The van der Waals surface area contributed by atoms with E-state index in [1.807, 2.05) is 6.20 Å². The number of aromatic amines is 1. The number of hydrogen-bond donors (Lipinski definition) is 1. The predicted octanol–water partition coefficient (Wildman–Crippen LogP) is 4.25. The SMILES string of the molecule is CCc1ncc[nH]1.c1ccc(Cc2ccccc2)cc1. The molecular formula is C18H20N2. The Kier molecular flexibility index (Phi) is 5.59. The zero-order valence-corrected chi connectivity index (χ0v) is 11.8. The second kappa shape index (κ2) is 7.95. The van der Waals surface area contributed by atoms with E-state index in [0.717, 1.165) is 18.7 Å². The van der Waals surface area contributed by atoms with Crippen LogP contribution in [0.4, 0.5) is 0 Å². The third-order valence-electron chi connectivity index (χ3n) is 2.98. The Labute approximate surface area is 120 Å². The van der Waals surface area contributed by atoms with E-state index in [1.165, 1.54) is 11.1 Å². The van der Waals surface area contributed by atoms with Crippen molar-refractivity contribution in [1.29, 1.82) is 0 Å². The molecular weight excluding hydrogens is 244 g/mol. The number of nitrogens with zero attached hydrogens (tertiary/aromatic N) is 1. The Morgan fingerprint density at radius 3 is 1.75 bits per heavy atom. The first-order chi connectivity index (χ1) is 9.88. The molecule has 1 N–H and O–H groups in total. The summed E-state index contributed by atoms with van der Waals surface area (Å²) in [5.41, 5.74) is 2.74. The number of aromatic nitrogens is 2. The molecule has 2 aromatic carbocycles. The topological polar surface area (TPSA) is 28.7 Å². The fourth-order valence-corrected chi connectivity index (χ4v) is 1.92. The van der Waals surface area contributed by atoms with Gasteiger partial charge < -0.3 is 4.98 Å². The molecule has 20 heavy (non-hydrogen) atoms. The van der Waals surface area contributed by atoms with Gasteiger partial charge in [-0.1, -0.05) is 67.6 Å². The quantitative estimate of drug-likeness (QED) is 0.752. The Balaban J connectivity index is 0.000000178. The minimum Gasteiger partial charge on any atom is -0.349 e. The van der Waals surface area contributed by atoms with Crippen LogP contribution in [0.2, 0.25) is 0 Å². The maximum absolute atomic E-state index is 3.98. The van der Waals surface area contributed by atoms with E-state index in [0.29, 0.717) is 0 Å². The molecule has 0 spiro atoms. The monoisotopic (exact) mass is 264 g/mol. The summed E-state index contributed by atoms with van der Waals surface area (Å²) < 4.78 is 0. The van der Waals surface area contributed by atoms with Crippen molar-refractivity contribution in [3.63, 3.8) is 0 Å². The van der Waals surface area contributed by atoms with Crippen LogP contribution in [0.3, 0.4) is 0 Å². The van der Waals surface area contributed by atoms with Crippen LogP contribution in [0, 0.1) is 0 Å². The van der Waals surface area contributed by atoms with Crippen molar-refractivity contribution in [2.45, 2.75) is 19.8 Å². The van der Waals surface area contributed by atoms with Crippen molar-refractivity contribution in [2.75, 3.05) is 0 Å². The van der Waals surface area contributed by atoms with Crippen molar-refractivity contribution in [2.24, 2.45) is 0 Å². The van der Waals surface area contributed by atoms with Crippen molar-refractivity contribution >= 4 is 0 Å². The van der Waals surface area contributed by atoms with E-state index in [9.17, 15) is 0 Å². The summed E-state index contributed by atoms with van der Waals surface area (Å²) in [6.45, 7) is 2.07. The smallest absolute Gasteiger partial charge is 0.105 e. The van der Waals surface area contributed by atoms with Gasteiger partial charge in [-0.05, 0) is 17.5 Å². The van der Waals surface area contributed by atoms with Crippen LogP contribution >= 0.6 is 0 Å². The van der Waals surface area contributed by atoms with E-state index in [1.54, 1.807) is 6.20 Å². The summed E-state index contributed by atoms with van der Waals surface area (Å²) in [6, 6.07) is 21.1. The normalized spacial score (nSPS) is 9.65. The lowest BCUT2D eigenvalue weighted by Crippen LogP contribution is -1.85. The van der Waals surface area contributed by atoms with Crippen LogP contribution in [-0.4, -0.2) is 9.97 Å². The molecule has 0 saturated heterocycles. The molecule has 0 saturated carbocycles. The summed E-state index contributed by atoms with van der Waals surface area (Å²) in [5.74, 6) is 1.06. The molecule has 1 aromatic heterocycles. The Hall–Kier alpha value is -2.35. The molecule has 0 bridgehead atoms. The molecule has 3 aromatic rings. The van der Waals surface area contributed by atoms with Gasteiger partial charge in [0.2, 0.25) is 0 Å². The van der Waals surface area contributed by atoms with E-state index in [-0.39, 0.29) is 0 Å². The molecule has 3 rings (SSSR count). The van der Waals surface area contributed by atoms with Gasteiger partial charge >= 0.3 is 0 Å². The molecule has 1 heterocycles. The maximum atomic E-state index is 3.98. The molecule has 102 valence electrons. The highest BCUT2D eigenvalue weighted by Gasteiger charge is 1.92. The third kappa shape index (κ3) is 4.73. The molecule has 0 aliphatic heterocycles. The third-order valence-corrected chi connectivity index (χ3v) is 2.98. The first kappa shape index (κ1) is 14.1. The molecule has 2 heteroatoms. The largest absolute Gasteiger partial charge is 0.349 e. The minimum absolute atomic E-state index is 0.993. The highest BCUT2D eigenvalue weighted by molar-refractivity contribution is 5.25. The summed E-state index contributed by atoms with van der Waals surface area (Å²) in [4.78, 5) is 6.95. The zero-order valence-electron chi connectivity index (χ0n) is 11.8. The number of aryl methyl sites for hydroxylation is 1. The second-order valence-electron chi connectivity index (χ2n) is 4.54. The van der Waals surface area contributed by atoms with Gasteiger partial charge in [-0.15, -0.1) is 0 Å². The van der Waals surface area contributed by atoms with E-state index in [4.69, 9.17) is 0 Å². The van der Waals surface area contributed by atoms with Crippen molar-refractivity contribution in [3.05, 3.63) is 90.0 Å². The first-order valence-electron chi connectivity index (χ1n) is 6.94. The molecule has 0 radical (unpaired) electrons. The highest BCUT2D eigenvalue weighted by atomic mass is 14.9. The molecule has 2 nitrogen and oxygen atoms in total. The summed E-state index contributed by atoms with van der Waals surface area (Å²) >= 11 is 0. The zero-order chi connectivity index (χ0) is 14.0. The number of nitrogens with one attached hydrogen (secondary N) is 1. The van der Waals surface area contributed by atoms with Crippen molar-refractivity contribution in [3.8, 4) is 0 Å². The summed E-state index contributed by atoms with van der Waals surface area (Å²) in [5, 5.41) is 0. The van der Waals surface area contributed by atoms with E-state index >= 15 is 0 Å². The maximum Gasteiger partial charge on any atom is 0.105 e. The molecule has 0 atom stereocenters. The van der Waals surface area contributed by atoms with Gasteiger partial charge in [0.25, 0.3) is 0 Å². The fraction of sp³-hybridized carbons (Fsp3) is 0.167. The average Bonchev–Trinajstić information content (AvgIpc) is 3.03. The fourth-order valence-electron chi connectivity index (χ4n) is 1.92. The number of H-pyrrole nitrogens is 1. The van der Waals surface area contributed by atoms with Gasteiger partial charge in [-0.2, -0.15) is 0 Å². The Morgan fingerprint density at radius 2 is 1.40 bits per heavy atom. The number of hydrogen-bond acceptors (Lipinski definition) is 1. The Bertz CT molecular complexity index is 534. The first-order valence-corrected chi connectivity index (χ1v) is 6.94. The van der Waals surface area contributed by atoms with Gasteiger partial charge in [0.15, 0.2) is 0 Å². The van der Waals surface area contributed by atoms with Gasteiger partial charge in [-0.25, -0.2) is 4.98 Å². The predicted molar refractivity (Wildman–Crippen MR) is 83.7 cm³/mol. The molecule has 0 unspecified atom stereocenters. The van der Waals surface area contributed by atoms with Crippen LogP contribution in [0.5, 0.6) is 0 Å². The van der Waals surface area contributed by atoms with Crippen LogP contribution in [0.25, 0.3) is 0 Å². The van der Waals surface area contributed by atoms with E-state index in [2.05, 4.69) is 77.6 Å². The van der Waals surface area contributed by atoms with E-state index < -0.39 is 0 Å². The van der Waals surface area contributed by atoms with Crippen LogP contribution in [0.1, 0.15) is 23.9 Å². The summed E-state index contributed by atoms with van der Waals surface area (Å²) in [7, 11) is 0. The van der Waals surface area contributed by atoms with Gasteiger partial charge in [0, 0.05) is 18.8 Å². The number of imidazole rings is 1. The molecule has 0 amide bonds. The van der Waals surface area contributed by atoms with Gasteiger partial charge in [0.05, 0.1) is 0 Å². The van der Waals surface area contributed by atoms with Crippen LogP contribution in [-0.2, 0) is 12.8 Å². The lowest BCUT2D eigenvalue weighted by molar-refractivity contribution is 0.990. The van der Waals surface area contributed by atoms with Gasteiger partial charge in [-0.3, -0.25) is 0 Å². The van der Waals surface area contributed by atoms with Crippen molar-refractivity contribution in [1.82, 2.24) is 9.97 Å². The average molecular weight is 264 g/mol. The second-order valence-corrected chi connectivity index (χ2v) is 4.54. The highest BCUT2D eigenvalue weighted by Crippen LogP contribution is 2.07. The standard InChI is InChI=1S/C13H12.C5H8N2/c1-3-7-12(8-4-1)11-13-9-5-2-6-10-13;1-2-5-6-3-4-7-5/h1-10H,11H2;3-4H,2H2,1H3,(H,6,7). The molecule has 0 fully saturated rings. The number of benzene rings is 2. The van der Waals surface area contributed by atoms with Crippen LogP contribution < -0.4 is 0 Å². The molecule has 0 aliphatic carbocycles. The van der Waals surface area contributed by atoms with Crippen molar-refractivity contribution < 1.29 is 0 Å². The molecule has 0 aliphatic rings. The van der Waals surface area contributed by atoms with Gasteiger partial charge in [0.1, 0.15) is 5.82 Å². The lowest BCUT2D eigenvalue weighted by atomic mass is 10.1. The van der Waals surface area contributed by atoms with Crippen LogP contribution in [0.15, 0.2) is 73.1 Å².